The van der Waals surface area contributed by atoms with Crippen molar-refractivity contribution >= 4 is 35.6 Å². The van der Waals surface area contributed by atoms with Gasteiger partial charge in [0.1, 0.15) is 0 Å². The van der Waals surface area contributed by atoms with Gasteiger partial charge in [-0.3, -0.25) is 0 Å². The van der Waals surface area contributed by atoms with E-state index in [1.165, 1.54) is 24.2 Å². The molecule has 1 unspecified atom stereocenters. The van der Waals surface area contributed by atoms with Gasteiger partial charge in [0, 0.05) is 45.0 Å². The molecule has 0 amide bonds. The fourth-order valence-corrected chi connectivity index (χ4v) is 3.47. The summed E-state index contributed by atoms with van der Waals surface area (Å²) in [5, 5.41) is 6.99. The fourth-order valence-electron chi connectivity index (χ4n) is 3.47. The predicted octanol–water partition coefficient (Wildman–Crippen LogP) is 4.05. The zero-order valence-electron chi connectivity index (χ0n) is 18.5. The minimum Gasteiger partial charge on any atom is -0.356 e. The van der Waals surface area contributed by atoms with Crippen LogP contribution in [0.1, 0.15) is 18.1 Å². The van der Waals surface area contributed by atoms with Crippen LogP contribution in [-0.2, 0) is 6.54 Å². The smallest absolute Gasteiger partial charge is 0.196 e. The van der Waals surface area contributed by atoms with Crippen LogP contribution in [0.5, 0.6) is 0 Å². The van der Waals surface area contributed by atoms with E-state index in [2.05, 4.69) is 77.7 Å². The number of halogens is 1. The molecule has 5 nitrogen and oxygen atoms in total. The van der Waals surface area contributed by atoms with E-state index in [1.54, 1.807) is 0 Å². The Morgan fingerprint density at radius 2 is 1.67 bits per heavy atom. The quantitative estimate of drug-likeness (QED) is 0.328. The first-order chi connectivity index (χ1) is 14.1. The Hall–Kier alpha value is -1.64. The Morgan fingerprint density at radius 1 is 1.00 bits per heavy atom. The lowest BCUT2D eigenvalue weighted by Gasteiger charge is -2.34. The van der Waals surface area contributed by atoms with Gasteiger partial charge in [-0.05, 0) is 37.6 Å². The minimum absolute atomic E-state index is 0. The molecular formula is C24H36IN5. The molecule has 1 fully saturated rings. The molecule has 30 heavy (non-hydrogen) atoms. The zero-order valence-corrected chi connectivity index (χ0v) is 20.8. The van der Waals surface area contributed by atoms with Crippen molar-refractivity contribution in [2.75, 3.05) is 51.6 Å². The summed E-state index contributed by atoms with van der Waals surface area (Å²) in [6, 6.07) is 18.8. The van der Waals surface area contributed by atoms with Crippen LogP contribution < -0.4 is 10.6 Å². The van der Waals surface area contributed by atoms with Gasteiger partial charge in [0.15, 0.2) is 5.96 Å². The van der Waals surface area contributed by atoms with E-state index >= 15 is 0 Å². The van der Waals surface area contributed by atoms with E-state index < -0.39 is 0 Å². The number of nitrogens with zero attached hydrogens (tertiary/aromatic N) is 3. The lowest BCUT2D eigenvalue weighted by molar-refractivity contribution is 0.139. The maximum absolute atomic E-state index is 4.82. The number of aryl methyl sites for hydroxylation is 1. The lowest BCUT2D eigenvalue weighted by atomic mass is 10.1. The molecule has 0 aromatic heterocycles. The molecule has 3 rings (SSSR count). The highest BCUT2D eigenvalue weighted by molar-refractivity contribution is 14.0. The number of aliphatic imine (C=N–C) groups is 1. The molecule has 1 saturated heterocycles. The summed E-state index contributed by atoms with van der Waals surface area (Å²) in [6.45, 7) is 11.8. The van der Waals surface area contributed by atoms with Crippen LogP contribution in [0.3, 0.4) is 0 Å². The number of para-hydroxylation sites is 1. The summed E-state index contributed by atoms with van der Waals surface area (Å²) < 4.78 is 0. The largest absolute Gasteiger partial charge is 0.356 e. The molecule has 164 valence electrons. The van der Waals surface area contributed by atoms with Crippen LogP contribution in [0.25, 0.3) is 0 Å². The SMILES string of the molecule is Cc1ccc(CN=C(NCC(C)CN2CCN(C)CC2)Nc2ccccc2)cc1.I. The van der Waals surface area contributed by atoms with Crippen molar-refractivity contribution in [3.63, 3.8) is 0 Å². The maximum atomic E-state index is 4.82. The number of rotatable bonds is 7. The van der Waals surface area contributed by atoms with E-state index in [1.807, 2.05) is 18.2 Å². The summed E-state index contributed by atoms with van der Waals surface area (Å²) >= 11 is 0. The number of guanidine groups is 1. The summed E-state index contributed by atoms with van der Waals surface area (Å²) in [5.74, 6) is 1.39. The standard InChI is InChI=1S/C24H35N5.HI/c1-20-9-11-22(12-10-20)18-26-24(27-23-7-5-4-6-8-23)25-17-21(2)19-29-15-13-28(3)14-16-29;/h4-12,21H,13-19H2,1-3H3,(H2,25,26,27);1H. The lowest BCUT2D eigenvalue weighted by Crippen LogP contribution is -2.47. The van der Waals surface area contributed by atoms with Gasteiger partial charge in [0.05, 0.1) is 6.54 Å². The van der Waals surface area contributed by atoms with E-state index in [-0.39, 0.29) is 24.0 Å². The van der Waals surface area contributed by atoms with Crippen LogP contribution in [0.15, 0.2) is 59.6 Å². The van der Waals surface area contributed by atoms with Crippen LogP contribution in [-0.4, -0.2) is 62.1 Å². The predicted molar refractivity (Wildman–Crippen MR) is 139 cm³/mol. The molecule has 2 aromatic carbocycles. The second-order valence-electron chi connectivity index (χ2n) is 8.23. The average molecular weight is 521 g/mol. The Labute approximate surface area is 199 Å². The number of anilines is 1. The number of nitrogens with one attached hydrogen (secondary N) is 2. The van der Waals surface area contributed by atoms with E-state index in [4.69, 9.17) is 4.99 Å². The second-order valence-corrected chi connectivity index (χ2v) is 8.23. The normalized spacial score (nSPS) is 16.6. The van der Waals surface area contributed by atoms with Crippen LogP contribution >= 0.6 is 24.0 Å². The van der Waals surface area contributed by atoms with Crippen molar-refractivity contribution in [2.24, 2.45) is 10.9 Å². The third-order valence-corrected chi connectivity index (χ3v) is 5.36. The molecule has 2 N–H and O–H groups in total. The Kier molecular flexibility index (Phi) is 10.6. The summed E-state index contributed by atoms with van der Waals surface area (Å²) in [7, 11) is 2.20. The number of piperazine rings is 1. The molecule has 0 spiro atoms. The zero-order chi connectivity index (χ0) is 20.5. The fraction of sp³-hybridized carbons (Fsp3) is 0.458. The van der Waals surface area contributed by atoms with Crippen LogP contribution in [0.4, 0.5) is 5.69 Å². The molecule has 1 aliphatic rings. The Morgan fingerprint density at radius 3 is 2.33 bits per heavy atom. The van der Waals surface area contributed by atoms with Crippen molar-refractivity contribution in [3.8, 4) is 0 Å². The number of likely N-dealkylation sites (N-methyl/N-ethyl adjacent to an activating group) is 1. The highest BCUT2D eigenvalue weighted by atomic mass is 127. The number of hydrogen-bond donors (Lipinski definition) is 2. The van der Waals surface area contributed by atoms with Gasteiger partial charge in [0.25, 0.3) is 0 Å². The molecule has 0 radical (unpaired) electrons. The van der Waals surface area contributed by atoms with Crippen molar-refractivity contribution in [3.05, 3.63) is 65.7 Å². The van der Waals surface area contributed by atoms with Crippen LogP contribution in [0, 0.1) is 12.8 Å². The van der Waals surface area contributed by atoms with Gasteiger partial charge < -0.3 is 20.4 Å². The third-order valence-electron chi connectivity index (χ3n) is 5.36. The summed E-state index contributed by atoms with van der Waals surface area (Å²) in [5.41, 5.74) is 3.54. The highest BCUT2D eigenvalue weighted by Crippen LogP contribution is 2.08. The van der Waals surface area contributed by atoms with E-state index in [0.29, 0.717) is 12.5 Å². The van der Waals surface area contributed by atoms with Crippen molar-refractivity contribution < 1.29 is 0 Å². The first-order valence-electron chi connectivity index (χ1n) is 10.7. The maximum Gasteiger partial charge on any atom is 0.196 e. The molecule has 0 saturated carbocycles. The highest BCUT2D eigenvalue weighted by Gasteiger charge is 2.16. The molecule has 1 aliphatic heterocycles. The van der Waals surface area contributed by atoms with Crippen LogP contribution in [0.2, 0.25) is 0 Å². The summed E-state index contributed by atoms with van der Waals surface area (Å²) in [6.07, 6.45) is 0. The monoisotopic (exact) mass is 521 g/mol. The van der Waals surface area contributed by atoms with E-state index in [0.717, 1.165) is 37.8 Å². The first kappa shape index (κ1) is 24.6. The molecule has 6 heteroatoms. The van der Waals surface area contributed by atoms with Crippen molar-refractivity contribution in [1.82, 2.24) is 15.1 Å². The minimum atomic E-state index is 0. The molecule has 1 atom stereocenters. The number of benzene rings is 2. The number of hydrogen-bond acceptors (Lipinski definition) is 3. The molecule has 1 heterocycles. The third kappa shape index (κ3) is 8.62. The molecule has 0 bridgehead atoms. The average Bonchev–Trinajstić information content (AvgIpc) is 2.73. The molecular weight excluding hydrogens is 485 g/mol. The summed E-state index contributed by atoms with van der Waals surface area (Å²) in [4.78, 5) is 9.79. The van der Waals surface area contributed by atoms with Gasteiger partial charge in [0.2, 0.25) is 0 Å². The van der Waals surface area contributed by atoms with Gasteiger partial charge in [-0.25, -0.2) is 4.99 Å². The van der Waals surface area contributed by atoms with Crippen molar-refractivity contribution in [1.29, 1.82) is 0 Å². The first-order valence-corrected chi connectivity index (χ1v) is 10.7. The Balaban J connectivity index is 0.00000320. The van der Waals surface area contributed by atoms with E-state index in [9.17, 15) is 0 Å². The topological polar surface area (TPSA) is 42.9 Å². The molecule has 2 aromatic rings. The van der Waals surface area contributed by atoms with Crippen molar-refractivity contribution in [2.45, 2.75) is 20.4 Å². The van der Waals surface area contributed by atoms with Gasteiger partial charge >= 0.3 is 0 Å². The second kappa shape index (κ2) is 12.9. The van der Waals surface area contributed by atoms with Gasteiger partial charge in [-0.15, -0.1) is 24.0 Å². The van der Waals surface area contributed by atoms with Gasteiger partial charge in [-0.1, -0.05) is 55.0 Å². The molecule has 0 aliphatic carbocycles. The van der Waals surface area contributed by atoms with Gasteiger partial charge in [-0.2, -0.15) is 0 Å². The Bertz CT molecular complexity index is 755.